The molecule has 0 saturated heterocycles. The summed E-state index contributed by atoms with van der Waals surface area (Å²) < 4.78 is 24.2. The molecule has 0 aliphatic heterocycles. The van der Waals surface area contributed by atoms with Gasteiger partial charge < -0.3 is 14.3 Å². The number of rotatable bonds is 8. The van der Waals surface area contributed by atoms with Crippen LogP contribution in [0.2, 0.25) is 5.02 Å². The van der Waals surface area contributed by atoms with Crippen LogP contribution < -0.4 is 4.74 Å². The second-order valence-electron chi connectivity index (χ2n) is 6.78. The summed E-state index contributed by atoms with van der Waals surface area (Å²) in [5.41, 5.74) is 2.17. The van der Waals surface area contributed by atoms with Gasteiger partial charge in [0, 0.05) is 10.6 Å². The van der Waals surface area contributed by atoms with Gasteiger partial charge in [-0.15, -0.1) is 10.2 Å². The molecule has 166 valence electrons. The van der Waals surface area contributed by atoms with Crippen molar-refractivity contribution >= 4 is 35.4 Å². The van der Waals surface area contributed by atoms with E-state index in [2.05, 4.69) is 10.2 Å². The Morgan fingerprint density at radius 1 is 1.03 bits per heavy atom. The van der Waals surface area contributed by atoms with E-state index in [1.165, 1.54) is 18.2 Å². The molecule has 0 bridgehead atoms. The monoisotopic (exact) mass is 482 g/mol. The number of ether oxygens (including phenoxy) is 1. The van der Waals surface area contributed by atoms with Crippen molar-refractivity contribution in [2.75, 3.05) is 0 Å². The number of carboxylic acids is 1. The summed E-state index contributed by atoms with van der Waals surface area (Å²) in [4.78, 5) is 11.7. The zero-order chi connectivity index (χ0) is 23.2. The summed E-state index contributed by atoms with van der Waals surface area (Å²) in [6, 6.07) is 19.8. The molecule has 9 heteroatoms. The molecule has 0 atom stereocenters. The summed E-state index contributed by atoms with van der Waals surface area (Å²) in [5.74, 6) is -0.557. The molecule has 1 aromatic heterocycles. The quantitative estimate of drug-likeness (QED) is 0.232. The molecule has 1 heterocycles. The Morgan fingerprint density at radius 3 is 2.39 bits per heavy atom. The van der Waals surface area contributed by atoms with E-state index >= 15 is 0 Å². The minimum Gasteiger partial charge on any atom is -0.489 e. The van der Waals surface area contributed by atoms with Crippen molar-refractivity contribution in [2.24, 2.45) is 0 Å². The van der Waals surface area contributed by atoms with Gasteiger partial charge in [-0.25, -0.2) is 9.18 Å². The summed E-state index contributed by atoms with van der Waals surface area (Å²) in [7, 11) is 0. The molecule has 3 aromatic carbocycles. The number of thioether (sulfide) groups is 1. The maximum atomic E-state index is 13.0. The van der Waals surface area contributed by atoms with Crippen LogP contribution in [0.15, 0.2) is 87.3 Å². The summed E-state index contributed by atoms with van der Waals surface area (Å²) in [6.45, 7) is 0.290. The van der Waals surface area contributed by atoms with Crippen LogP contribution in [0.25, 0.3) is 17.5 Å². The Bertz CT molecular complexity index is 1270. The average molecular weight is 483 g/mol. The van der Waals surface area contributed by atoms with Gasteiger partial charge in [-0.1, -0.05) is 35.9 Å². The Balaban J connectivity index is 1.43. The van der Waals surface area contributed by atoms with E-state index in [-0.39, 0.29) is 21.8 Å². The van der Waals surface area contributed by atoms with Gasteiger partial charge in [-0.3, -0.25) is 0 Å². The van der Waals surface area contributed by atoms with Gasteiger partial charge >= 0.3 is 5.97 Å². The van der Waals surface area contributed by atoms with Crippen LogP contribution >= 0.6 is 23.4 Å². The molecule has 4 rings (SSSR count). The van der Waals surface area contributed by atoms with Crippen LogP contribution in [0.5, 0.6) is 5.75 Å². The molecule has 1 N–H and O–H groups in total. The van der Waals surface area contributed by atoms with Gasteiger partial charge in [-0.2, -0.15) is 0 Å². The molecule has 0 unspecified atom stereocenters. The maximum Gasteiger partial charge on any atom is 0.342 e. The van der Waals surface area contributed by atoms with Gasteiger partial charge in [0.25, 0.3) is 5.22 Å². The van der Waals surface area contributed by atoms with Crippen LogP contribution in [0.1, 0.15) is 11.1 Å². The highest BCUT2D eigenvalue weighted by atomic mass is 35.5. The number of carbonyl (C=O) groups is 1. The van der Waals surface area contributed by atoms with E-state index in [0.29, 0.717) is 28.5 Å². The molecule has 0 spiro atoms. The van der Waals surface area contributed by atoms with Gasteiger partial charge in [0.15, 0.2) is 0 Å². The highest BCUT2D eigenvalue weighted by Gasteiger charge is 2.16. The molecule has 0 fully saturated rings. The SMILES string of the molecule is O=C(O)/C(=C/c1ccc(OCc2ccc(F)cc2)cc1)Sc1nnc(-c2ccc(Cl)cc2)o1. The number of aliphatic carboxylic acids is 1. The Kier molecular flexibility index (Phi) is 7.07. The lowest BCUT2D eigenvalue weighted by Crippen LogP contribution is -1.97. The number of benzene rings is 3. The molecule has 6 nitrogen and oxygen atoms in total. The van der Waals surface area contributed by atoms with Crippen LogP contribution in [0.4, 0.5) is 4.39 Å². The molecule has 0 aliphatic rings. The minimum absolute atomic E-state index is 0.0151. The number of aromatic nitrogens is 2. The van der Waals surface area contributed by atoms with Gasteiger partial charge in [0.2, 0.25) is 5.89 Å². The smallest absolute Gasteiger partial charge is 0.342 e. The minimum atomic E-state index is -1.12. The molecule has 33 heavy (non-hydrogen) atoms. The van der Waals surface area contributed by atoms with E-state index in [1.807, 2.05) is 0 Å². The average Bonchev–Trinajstić information content (AvgIpc) is 3.28. The second kappa shape index (κ2) is 10.3. The van der Waals surface area contributed by atoms with E-state index in [0.717, 1.165) is 17.3 Å². The number of hydrogen-bond donors (Lipinski definition) is 1. The number of hydrogen-bond acceptors (Lipinski definition) is 6. The van der Waals surface area contributed by atoms with Gasteiger partial charge in [-0.05, 0) is 77.5 Å². The summed E-state index contributed by atoms with van der Waals surface area (Å²) in [5, 5.41) is 18.2. The normalized spacial score (nSPS) is 11.4. The summed E-state index contributed by atoms with van der Waals surface area (Å²) >= 11 is 6.74. The van der Waals surface area contributed by atoms with Gasteiger partial charge in [0.05, 0.1) is 0 Å². The predicted molar refractivity (Wildman–Crippen MR) is 123 cm³/mol. The molecule has 0 radical (unpaired) electrons. The van der Waals surface area contributed by atoms with Gasteiger partial charge in [0.1, 0.15) is 23.1 Å². The van der Waals surface area contributed by atoms with Crippen molar-refractivity contribution in [1.29, 1.82) is 0 Å². The highest BCUT2D eigenvalue weighted by molar-refractivity contribution is 8.03. The van der Waals surface area contributed by atoms with Crippen molar-refractivity contribution in [1.82, 2.24) is 10.2 Å². The number of carboxylic acid groups (broad SMARTS) is 1. The Labute approximate surface area is 197 Å². The standard InChI is InChI=1S/C24H16ClFN2O4S/c25-18-7-5-17(6-8-18)22-27-28-24(32-22)33-21(23(29)30)13-15-3-11-20(12-4-15)31-14-16-1-9-19(26)10-2-16/h1-13H,14H2,(H,29,30)/b21-13-. The van der Waals surface area contributed by atoms with Crippen LogP contribution in [-0.2, 0) is 11.4 Å². The van der Waals surface area contributed by atoms with Crippen molar-refractivity contribution in [3.63, 3.8) is 0 Å². The first-order chi connectivity index (χ1) is 16.0. The highest BCUT2D eigenvalue weighted by Crippen LogP contribution is 2.30. The van der Waals surface area contributed by atoms with Crippen LogP contribution in [-0.4, -0.2) is 21.3 Å². The third-order valence-corrected chi connectivity index (χ3v) is 5.51. The van der Waals surface area contributed by atoms with Crippen molar-refractivity contribution in [3.05, 3.63) is 99.7 Å². The molecule has 0 aliphatic carbocycles. The largest absolute Gasteiger partial charge is 0.489 e. The van der Waals surface area contributed by atoms with E-state index in [1.54, 1.807) is 60.7 Å². The zero-order valence-electron chi connectivity index (χ0n) is 16.9. The lowest BCUT2D eigenvalue weighted by atomic mass is 10.2. The molecule has 0 amide bonds. The third kappa shape index (κ3) is 6.21. The fourth-order valence-corrected chi connectivity index (χ4v) is 3.55. The van der Waals surface area contributed by atoms with Crippen molar-refractivity contribution in [3.8, 4) is 17.2 Å². The second-order valence-corrected chi connectivity index (χ2v) is 8.21. The lowest BCUT2D eigenvalue weighted by molar-refractivity contribution is -0.131. The van der Waals surface area contributed by atoms with Crippen LogP contribution in [0.3, 0.4) is 0 Å². The van der Waals surface area contributed by atoms with E-state index in [4.69, 9.17) is 20.8 Å². The van der Waals surface area contributed by atoms with Crippen molar-refractivity contribution < 1.29 is 23.4 Å². The fourth-order valence-electron chi connectivity index (χ4n) is 2.75. The molecule has 0 saturated carbocycles. The molecule has 4 aromatic rings. The van der Waals surface area contributed by atoms with Crippen LogP contribution in [0, 0.1) is 5.82 Å². The van der Waals surface area contributed by atoms with E-state index in [9.17, 15) is 14.3 Å². The third-order valence-electron chi connectivity index (χ3n) is 4.40. The van der Waals surface area contributed by atoms with Crippen molar-refractivity contribution in [2.45, 2.75) is 11.8 Å². The maximum absolute atomic E-state index is 13.0. The number of halogens is 2. The first kappa shape index (κ1) is 22.6. The molecular formula is C24H16ClFN2O4S. The summed E-state index contributed by atoms with van der Waals surface area (Å²) in [6.07, 6.45) is 1.50. The predicted octanol–water partition coefficient (Wildman–Crippen LogP) is 6.33. The molecular weight excluding hydrogens is 467 g/mol. The Hall–Kier alpha value is -3.62. The first-order valence-electron chi connectivity index (χ1n) is 9.66. The first-order valence-corrected chi connectivity index (χ1v) is 10.9. The van der Waals surface area contributed by atoms with E-state index < -0.39 is 5.97 Å². The lowest BCUT2D eigenvalue weighted by Gasteiger charge is -2.07. The Morgan fingerprint density at radius 2 is 1.73 bits per heavy atom. The number of nitrogens with zero attached hydrogens (tertiary/aromatic N) is 2. The zero-order valence-corrected chi connectivity index (χ0v) is 18.5. The fraction of sp³-hybridized carbons (Fsp3) is 0.0417. The topological polar surface area (TPSA) is 85.5 Å².